The summed E-state index contributed by atoms with van der Waals surface area (Å²) in [4.78, 5) is 25.9. The van der Waals surface area contributed by atoms with Gasteiger partial charge in [0.2, 0.25) is 5.82 Å². The van der Waals surface area contributed by atoms with Crippen molar-refractivity contribution in [2.75, 3.05) is 6.54 Å². The molecule has 0 radical (unpaired) electrons. The van der Waals surface area contributed by atoms with Crippen molar-refractivity contribution in [3.63, 3.8) is 0 Å². The summed E-state index contributed by atoms with van der Waals surface area (Å²) in [6.45, 7) is 0.458. The average Bonchev–Trinajstić information content (AvgIpc) is 2.81. The first-order valence-corrected chi connectivity index (χ1v) is 6.18. The van der Waals surface area contributed by atoms with Gasteiger partial charge in [-0.25, -0.2) is 4.79 Å². The minimum atomic E-state index is -1.01. The van der Waals surface area contributed by atoms with Crippen molar-refractivity contribution in [3.05, 3.63) is 54.7 Å². The lowest BCUT2D eigenvalue weighted by atomic mass is 10.4. The summed E-state index contributed by atoms with van der Waals surface area (Å²) in [5.41, 5.74) is 3.61. The Morgan fingerprint density at radius 2 is 2.21 bits per heavy atom. The molecular weight excluding hydrogens is 269 g/mol. The Morgan fingerprint density at radius 1 is 1.42 bits per heavy atom. The second-order valence-corrected chi connectivity index (χ2v) is 4.80. The molecule has 0 spiro atoms. The minimum absolute atomic E-state index is 0.182. The number of hydrogen-bond donors (Lipinski definition) is 2. The van der Waals surface area contributed by atoms with E-state index < -0.39 is 17.1 Å². The van der Waals surface area contributed by atoms with Crippen LogP contribution < -0.4 is 17.0 Å². The van der Waals surface area contributed by atoms with Crippen molar-refractivity contribution in [3.8, 4) is 11.8 Å². The van der Waals surface area contributed by atoms with Crippen LogP contribution in [0.3, 0.4) is 0 Å². The maximum absolute atomic E-state index is 13.1. The lowest BCUT2D eigenvalue weighted by Gasteiger charge is -2.01. The average molecular weight is 279 g/mol. The monoisotopic (exact) mass is 279 g/mol. The van der Waals surface area contributed by atoms with Crippen molar-refractivity contribution < 1.29 is 4.39 Å². The van der Waals surface area contributed by atoms with Crippen LogP contribution in [0.1, 0.15) is 9.75 Å². The highest BCUT2D eigenvalue weighted by atomic mass is 32.1. The van der Waals surface area contributed by atoms with Gasteiger partial charge < -0.3 is 5.73 Å². The summed E-state index contributed by atoms with van der Waals surface area (Å²) >= 11 is 1.38. The third-order valence-electron chi connectivity index (χ3n) is 2.27. The third kappa shape index (κ3) is 3.19. The van der Waals surface area contributed by atoms with Gasteiger partial charge in [0.15, 0.2) is 0 Å². The van der Waals surface area contributed by atoms with E-state index in [-0.39, 0.29) is 13.1 Å². The molecule has 2 heterocycles. The topological polar surface area (TPSA) is 80.9 Å². The summed E-state index contributed by atoms with van der Waals surface area (Å²) in [5.74, 6) is 4.60. The van der Waals surface area contributed by atoms with E-state index >= 15 is 0 Å². The van der Waals surface area contributed by atoms with Crippen LogP contribution in [0.5, 0.6) is 0 Å². The van der Waals surface area contributed by atoms with Crippen LogP contribution in [0.15, 0.2) is 27.9 Å². The van der Waals surface area contributed by atoms with Gasteiger partial charge in [-0.3, -0.25) is 14.3 Å². The second-order valence-electron chi connectivity index (χ2n) is 3.64. The number of H-pyrrole nitrogens is 1. The van der Waals surface area contributed by atoms with Crippen molar-refractivity contribution >= 4 is 11.3 Å². The molecule has 2 rings (SSSR count). The number of nitrogens with zero attached hydrogens (tertiary/aromatic N) is 1. The van der Waals surface area contributed by atoms with Crippen molar-refractivity contribution in [2.45, 2.75) is 6.54 Å². The maximum Gasteiger partial charge on any atom is 0.328 e. The van der Waals surface area contributed by atoms with E-state index in [1.807, 2.05) is 4.98 Å². The van der Waals surface area contributed by atoms with Gasteiger partial charge in [0.25, 0.3) is 5.56 Å². The predicted molar refractivity (Wildman–Crippen MR) is 70.6 cm³/mol. The summed E-state index contributed by atoms with van der Waals surface area (Å²) < 4.78 is 14.2. The zero-order valence-electron chi connectivity index (χ0n) is 9.77. The first-order valence-electron chi connectivity index (χ1n) is 5.37. The van der Waals surface area contributed by atoms with E-state index in [1.165, 1.54) is 11.3 Å². The van der Waals surface area contributed by atoms with E-state index in [2.05, 4.69) is 11.8 Å². The van der Waals surface area contributed by atoms with Crippen LogP contribution >= 0.6 is 11.3 Å². The van der Waals surface area contributed by atoms with Gasteiger partial charge in [-0.2, -0.15) is 4.39 Å². The van der Waals surface area contributed by atoms with Crippen LogP contribution in [-0.4, -0.2) is 16.1 Å². The highest BCUT2D eigenvalue weighted by Gasteiger charge is 2.05. The van der Waals surface area contributed by atoms with Crippen LogP contribution in [-0.2, 0) is 6.54 Å². The van der Waals surface area contributed by atoms with Gasteiger partial charge >= 0.3 is 5.69 Å². The highest BCUT2D eigenvalue weighted by molar-refractivity contribution is 7.12. The molecule has 98 valence electrons. The van der Waals surface area contributed by atoms with E-state index in [4.69, 9.17) is 5.73 Å². The van der Waals surface area contributed by atoms with Crippen molar-refractivity contribution in [1.29, 1.82) is 0 Å². The number of thiophene rings is 1. The molecule has 2 aromatic heterocycles. The van der Waals surface area contributed by atoms with Gasteiger partial charge in [-0.1, -0.05) is 11.8 Å². The van der Waals surface area contributed by atoms with Gasteiger partial charge in [0.05, 0.1) is 24.2 Å². The minimum Gasteiger partial charge on any atom is -0.320 e. The van der Waals surface area contributed by atoms with E-state index in [0.29, 0.717) is 0 Å². The Labute approximate surface area is 111 Å². The quantitative estimate of drug-likeness (QED) is 0.765. The Balaban J connectivity index is 2.27. The van der Waals surface area contributed by atoms with E-state index in [1.54, 1.807) is 12.1 Å². The molecule has 2 aromatic rings. The smallest absolute Gasteiger partial charge is 0.320 e. The molecule has 0 aliphatic heterocycles. The van der Waals surface area contributed by atoms with Crippen molar-refractivity contribution in [2.24, 2.45) is 5.73 Å². The van der Waals surface area contributed by atoms with Gasteiger partial charge in [0, 0.05) is 4.88 Å². The molecule has 0 amide bonds. The summed E-state index contributed by atoms with van der Waals surface area (Å²) in [6.07, 6.45) is 0.895. The fourth-order valence-corrected chi connectivity index (χ4v) is 2.32. The van der Waals surface area contributed by atoms with Gasteiger partial charge in [0.1, 0.15) is 0 Å². The van der Waals surface area contributed by atoms with Crippen LogP contribution in [0.25, 0.3) is 0 Å². The molecule has 0 saturated carbocycles. The fraction of sp³-hybridized carbons (Fsp3) is 0.167. The second kappa shape index (κ2) is 5.65. The van der Waals surface area contributed by atoms with Crippen LogP contribution in [0.4, 0.5) is 4.39 Å². The molecule has 0 bridgehead atoms. The zero-order valence-corrected chi connectivity index (χ0v) is 10.6. The Kier molecular flexibility index (Phi) is 3.94. The number of nitrogens with two attached hydrogens (primary N) is 1. The maximum atomic E-state index is 13.1. The molecule has 7 heteroatoms. The molecule has 3 N–H and O–H groups in total. The molecule has 19 heavy (non-hydrogen) atoms. The Hall–Kier alpha value is -2.17. The lowest BCUT2D eigenvalue weighted by molar-refractivity contribution is 0.567. The molecular formula is C12H10FN3O2S. The molecule has 0 aliphatic carbocycles. The summed E-state index contributed by atoms with van der Waals surface area (Å²) in [7, 11) is 0. The van der Waals surface area contributed by atoms with Crippen LogP contribution in [0.2, 0.25) is 0 Å². The number of nitrogens with one attached hydrogen (secondary N) is 1. The van der Waals surface area contributed by atoms with E-state index in [9.17, 15) is 14.0 Å². The molecule has 0 aliphatic rings. The highest BCUT2D eigenvalue weighted by Crippen LogP contribution is 2.15. The fourth-order valence-electron chi connectivity index (χ4n) is 1.44. The number of hydrogen-bond acceptors (Lipinski definition) is 4. The summed E-state index contributed by atoms with van der Waals surface area (Å²) in [5, 5.41) is 0. The SMILES string of the molecule is NCC#Cc1ccc(Cn2cc(F)c(=O)[nH]c2=O)s1. The number of aromatic amines is 1. The summed E-state index contributed by atoms with van der Waals surface area (Å²) in [6, 6.07) is 3.59. The first-order chi connectivity index (χ1) is 9.10. The lowest BCUT2D eigenvalue weighted by Crippen LogP contribution is -2.31. The number of aromatic nitrogens is 2. The largest absolute Gasteiger partial charge is 0.328 e. The number of rotatable bonds is 2. The molecule has 0 saturated heterocycles. The van der Waals surface area contributed by atoms with Gasteiger partial charge in [-0.05, 0) is 12.1 Å². The number of halogens is 1. The molecule has 5 nitrogen and oxygen atoms in total. The first kappa shape index (κ1) is 13.3. The van der Waals surface area contributed by atoms with Crippen molar-refractivity contribution in [1.82, 2.24) is 9.55 Å². The molecule has 0 aromatic carbocycles. The van der Waals surface area contributed by atoms with Crippen LogP contribution in [0, 0.1) is 17.7 Å². The third-order valence-corrected chi connectivity index (χ3v) is 3.25. The zero-order chi connectivity index (χ0) is 13.8. The molecule has 0 atom stereocenters. The normalized spacial score (nSPS) is 10.0. The molecule has 0 unspecified atom stereocenters. The Morgan fingerprint density at radius 3 is 2.95 bits per heavy atom. The Bertz CT molecular complexity index is 764. The predicted octanol–water partition coefficient (Wildman–Crippen LogP) is 0.0957. The molecule has 0 fully saturated rings. The standard InChI is InChI=1S/C12H10FN3O2S/c13-10-7-16(12(18)15-11(10)17)6-9-4-3-8(19-9)2-1-5-14/h3-4,7H,5-6,14H2,(H,15,17,18). The van der Waals surface area contributed by atoms with Gasteiger partial charge in [-0.15, -0.1) is 11.3 Å². The van der Waals surface area contributed by atoms with E-state index in [0.717, 1.165) is 20.5 Å².